The summed E-state index contributed by atoms with van der Waals surface area (Å²) in [6, 6.07) is 13.4. The van der Waals surface area contributed by atoms with E-state index >= 15 is 0 Å². The average Bonchev–Trinajstić information content (AvgIpc) is 2.81. The minimum Gasteiger partial charge on any atom is -0.490 e. The van der Waals surface area contributed by atoms with E-state index in [1.165, 1.54) is 35.6 Å². The third-order valence-corrected chi connectivity index (χ3v) is 9.20. The van der Waals surface area contributed by atoms with Crippen molar-refractivity contribution in [1.29, 1.82) is 0 Å². The lowest BCUT2D eigenvalue weighted by Crippen LogP contribution is -2.50. The number of benzene rings is 2. The van der Waals surface area contributed by atoms with Gasteiger partial charge in [0.1, 0.15) is 5.75 Å². The molecule has 2 aromatic carbocycles. The van der Waals surface area contributed by atoms with Crippen LogP contribution in [-0.4, -0.2) is 35.2 Å². The minimum atomic E-state index is -0.594. The van der Waals surface area contributed by atoms with Crippen molar-refractivity contribution in [1.82, 2.24) is 4.90 Å². The van der Waals surface area contributed by atoms with Crippen molar-refractivity contribution in [3.05, 3.63) is 42.0 Å². The summed E-state index contributed by atoms with van der Waals surface area (Å²) in [5.74, 6) is 2.38. The molecule has 0 aromatic heterocycles. The number of ether oxygens (including phenoxy) is 1. The van der Waals surface area contributed by atoms with Gasteiger partial charge in [0.25, 0.3) is 0 Å². The lowest BCUT2D eigenvalue weighted by Gasteiger charge is -2.45. The summed E-state index contributed by atoms with van der Waals surface area (Å²) in [6.45, 7) is 10.3. The minimum absolute atomic E-state index is 0.115. The van der Waals surface area contributed by atoms with Crippen LogP contribution in [-0.2, 0) is 11.3 Å². The van der Waals surface area contributed by atoms with E-state index in [1.807, 2.05) is 0 Å². The van der Waals surface area contributed by atoms with Crippen LogP contribution in [0.2, 0.25) is 0 Å². The number of nitrogens with zero attached hydrogens (tertiary/aromatic N) is 1. The van der Waals surface area contributed by atoms with Crippen molar-refractivity contribution in [2.45, 2.75) is 84.8 Å². The third kappa shape index (κ3) is 5.85. The Balaban J connectivity index is 1.12. The molecular formula is C31H43NO3. The lowest BCUT2D eigenvalue weighted by molar-refractivity contribution is -0.144. The van der Waals surface area contributed by atoms with E-state index in [1.54, 1.807) is 0 Å². The van der Waals surface area contributed by atoms with Gasteiger partial charge in [0.2, 0.25) is 0 Å². The molecule has 0 amide bonds. The second kappa shape index (κ2) is 10.1. The fraction of sp³-hybridized carbons (Fsp3) is 0.645. The van der Waals surface area contributed by atoms with Crippen molar-refractivity contribution in [3.8, 4) is 5.75 Å². The van der Waals surface area contributed by atoms with Crippen molar-refractivity contribution in [2.75, 3.05) is 13.1 Å². The lowest BCUT2D eigenvalue weighted by atomic mass is 9.72. The molecule has 1 saturated heterocycles. The summed E-state index contributed by atoms with van der Waals surface area (Å²) in [6.07, 6.45) is 9.23. The summed E-state index contributed by atoms with van der Waals surface area (Å²) in [7, 11) is 0. The van der Waals surface area contributed by atoms with Gasteiger partial charge < -0.3 is 9.84 Å². The van der Waals surface area contributed by atoms with Gasteiger partial charge in [-0.15, -0.1) is 0 Å². The zero-order valence-electron chi connectivity index (χ0n) is 21.8. The van der Waals surface area contributed by atoms with Crippen molar-refractivity contribution in [3.63, 3.8) is 0 Å². The quantitative estimate of drug-likeness (QED) is 0.480. The second-order valence-corrected chi connectivity index (χ2v) is 12.7. The Morgan fingerprint density at radius 2 is 1.66 bits per heavy atom. The van der Waals surface area contributed by atoms with Gasteiger partial charge in [-0.3, -0.25) is 9.69 Å². The van der Waals surface area contributed by atoms with Gasteiger partial charge in [-0.2, -0.15) is 0 Å². The summed E-state index contributed by atoms with van der Waals surface area (Å²) in [5, 5.41) is 11.9. The number of hydrogen-bond acceptors (Lipinski definition) is 3. The molecule has 2 saturated carbocycles. The number of carbonyl (C=O) groups is 1. The first-order valence-electron chi connectivity index (χ1n) is 13.9. The van der Waals surface area contributed by atoms with Crippen LogP contribution in [0.4, 0.5) is 0 Å². The Bertz CT molecular complexity index is 1030. The van der Waals surface area contributed by atoms with Crippen LogP contribution >= 0.6 is 0 Å². The highest BCUT2D eigenvalue weighted by Gasteiger charge is 2.37. The molecule has 0 spiro atoms. The summed E-state index contributed by atoms with van der Waals surface area (Å²) in [5.41, 5.74) is 1.76. The summed E-state index contributed by atoms with van der Waals surface area (Å²) < 4.78 is 6.39. The standard InChI is InChI=1S/C31H43NO3/c1-31(2,3)27-10-13-28(14-11-27)35-29-12-9-23-15-21(7-8-24(23)17-29)18-32-19-26(20-32)22-5-4-6-25(16-22)30(33)34/h7-9,12,15,17,22,25-28H,4-6,10-11,13-14,16,18-20H2,1-3H3,(H,33,34)/t22?,25?,27-,28-. The fourth-order valence-corrected chi connectivity index (χ4v) is 6.86. The number of carboxylic acid groups (broad SMARTS) is 1. The molecule has 2 unspecified atom stereocenters. The molecule has 5 rings (SSSR count). The van der Waals surface area contributed by atoms with E-state index in [0.717, 1.165) is 63.4 Å². The van der Waals surface area contributed by atoms with Gasteiger partial charge in [-0.25, -0.2) is 0 Å². The van der Waals surface area contributed by atoms with Crippen LogP contribution < -0.4 is 4.74 Å². The number of fused-ring (bicyclic) bond motifs is 1. The average molecular weight is 478 g/mol. The van der Waals surface area contributed by atoms with Crippen LogP contribution in [0, 0.1) is 29.1 Å². The number of rotatable bonds is 6. The molecule has 1 heterocycles. The van der Waals surface area contributed by atoms with Crippen molar-refractivity contribution >= 4 is 16.7 Å². The maximum absolute atomic E-state index is 11.4. The van der Waals surface area contributed by atoms with Crippen LogP contribution in [0.1, 0.15) is 77.7 Å². The monoisotopic (exact) mass is 477 g/mol. The topological polar surface area (TPSA) is 49.8 Å². The molecular weight excluding hydrogens is 434 g/mol. The normalized spacial score (nSPS) is 28.5. The van der Waals surface area contributed by atoms with Crippen molar-refractivity contribution < 1.29 is 14.6 Å². The van der Waals surface area contributed by atoms with Crippen LogP contribution in [0.3, 0.4) is 0 Å². The first kappa shape index (κ1) is 24.6. The van der Waals surface area contributed by atoms with Gasteiger partial charge in [-0.1, -0.05) is 51.8 Å². The van der Waals surface area contributed by atoms with Gasteiger partial charge >= 0.3 is 5.97 Å². The fourth-order valence-electron chi connectivity index (χ4n) is 6.86. The Kier molecular flexibility index (Phi) is 7.12. The maximum atomic E-state index is 11.4. The van der Waals surface area contributed by atoms with E-state index in [0.29, 0.717) is 23.4 Å². The van der Waals surface area contributed by atoms with Gasteiger partial charge in [0.15, 0.2) is 0 Å². The molecule has 4 heteroatoms. The Morgan fingerprint density at radius 1 is 0.943 bits per heavy atom. The molecule has 3 aliphatic rings. The highest BCUT2D eigenvalue weighted by atomic mass is 16.5. The first-order valence-corrected chi connectivity index (χ1v) is 13.9. The predicted molar refractivity (Wildman–Crippen MR) is 142 cm³/mol. The number of carboxylic acids is 1. The molecule has 1 N–H and O–H groups in total. The smallest absolute Gasteiger partial charge is 0.306 e. The molecule has 0 bridgehead atoms. The molecule has 2 aromatic rings. The Hall–Kier alpha value is -2.07. The molecule has 1 aliphatic heterocycles. The molecule has 35 heavy (non-hydrogen) atoms. The van der Waals surface area contributed by atoms with Gasteiger partial charge in [0.05, 0.1) is 12.0 Å². The maximum Gasteiger partial charge on any atom is 0.306 e. The first-order chi connectivity index (χ1) is 16.7. The van der Waals surface area contributed by atoms with Crippen LogP contribution in [0.5, 0.6) is 5.75 Å². The molecule has 0 radical (unpaired) electrons. The van der Waals surface area contributed by atoms with E-state index in [4.69, 9.17) is 4.74 Å². The second-order valence-electron chi connectivity index (χ2n) is 12.7. The number of likely N-dealkylation sites (tertiary alicyclic amines) is 1. The summed E-state index contributed by atoms with van der Waals surface area (Å²) in [4.78, 5) is 13.9. The molecule has 4 nitrogen and oxygen atoms in total. The van der Waals surface area contributed by atoms with Crippen LogP contribution in [0.25, 0.3) is 10.8 Å². The predicted octanol–water partition coefficient (Wildman–Crippen LogP) is 7.15. The number of aliphatic carboxylic acids is 1. The molecule has 3 fully saturated rings. The van der Waals surface area contributed by atoms with Gasteiger partial charge in [0, 0.05) is 19.6 Å². The molecule has 190 valence electrons. The summed E-state index contributed by atoms with van der Waals surface area (Å²) >= 11 is 0. The highest BCUT2D eigenvalue weighted by molar-refractivity contribution is 5.84. The molecule has 2 aliphatic carbocycles. The Morgan fingerprint density at radius 3 is 2.37 bits per heavy atom. The molecule has 2 atom stereocenters. The zero-order valence-corrected chi connectivity index (χ0v) is 21.8. The Labute approximate surface area is 211 Å². The third-order valence-electron chi connectivity index (χ3n) is 9.20. The van der Waals surface area contributed by atoms with E-state index in [2.05, 4.69) is 62.1 Å². The largest absolute Gasteiger partial charge is 0.490 e. The van der Waals surface area contributed by atoms with E-state index in [-0.39, 0.29) is 5.92 Å². The zero-order chi connectivity index (χ0) is 24.6. The van der Waals surface area contributed by atoms with Crippen molar-refractivity contribution in [2.24, 2.45) is 29.1 Å². The van der Waals surface area contributed by atoms with E-state index < -0.39 is 5.97 Å². The highest BCUT2D eigenvalue weighted by Crippen LogP contribution is 2.40. The van der Waals surface area contributed by atoms with Crippen LogP contribution in [0.15, 0.2) is 36.4 Å². The SMILES string of the molecule is CC(C)(C)[C@H]1CC[C@H](Oc2ccc3cc(CN4CC(C5CCCC(C(=O)O)C5)C4)ccc3c2)CC1. The number of hydrogen-bond donors (Lipinski definition) is 1. The van der Waals surface area contributed by atoms with E-state index in [9.17, 15) is 9.90 Å². The van der Waals surface area contributed by atoms with Gasteiger partial charge in [-0.05, 0) is 96.2 Å².